The highest BCUT2D eigenvalue weighted by Gasteiger charge is 2.29. The van der Waals surface area contributed by atoms with Gasteiger partial charge in [-0.1, -0.05) is 24.3 Å². The molecule has 2 N–H and O–H groups in total. The monoisotopic (exact) mass is 411 g/mol. The maximum atomic E-state index is 9.33. The molecule has 1 unspecified atom stereocenters. The summed E-state index contributed by atoms with van der Waals surface area (Å²) in [6.07, 6.45) is 7.94. The van der Waals surface area contributed by atoms with Gasteiger partial charge in [0, 0.05) is 64.1 Å². The van der Waals surface area contributed by atoms with Crippen LogP contribution in [-0.4, -0.2) is 79.3 Å². The van der Waals surface area contributed by atoms with E-state index in [1.165, 1.54) is 17.7 Å². The first-order valence-electron chi connectivity index (χ1n) is 11.6. The first kappa shape index (κ1) is 21.2. The molecule has 0 aliphatic carbocycles. The number of anilines is 1. The first-order chi connectivity index (χ1) is 14.8. The van der Waals surface area contributed by atoms with Gasteiger partial charge in [-0.25, -0.2) is 4.99 Å². The van der Waals surface area contributed by atoms with E-state index in [-0.39, 0.29) is 0 Å². The minimum atomic E-state index is 0.325. The van der Waals surface area contributed by atoms with Crippen molar-refractivity contribution in [1.29, 1.82) is 0 Å². The van der Waals surface area contributed by atoms with Crippen LogP contribution in [0.2, 0.25) is 0 Å². The number of aliphatic hydroxyl groups is 1. The molecule has 0 aromatic heterocycles. The van der Waals surface area contributed by atoms with E-state index in [9.17, 15) is 5.11 Å². The topological polar surface area (TPSA) is 54.3 Å². The van der Waals surface area contributed by atoms with Gasteiger partial charge in [0.1, 0.15) is 0 Å². The van der Waals surface area contributed by atoms with Crippen LogP contribution >= 0.6 is 0 Å². The molecule has 3 aliphatic heterocycles. The van der Waals surface area contributed by atoms with E-state index in [4.69, 9.17) is 4.99 Å². The summed E-state index contributed by atoms with van der Waals surface area (Å²) in [5.41, 5.74) is 2.53. The Labute approximate surface area is 181 Å². The van der Waals surface area contributed by atoms with Crippen molar-refractivity contribution in [2.75, 3.05) is 57.3 Å². The average Bonchev–Trinajstić information content (AvgIpc) is 3.49. The Morgan fingerprint density at radius 1 is 1.07 bits per heavy atom. The predicted molar refractivity (Wildman–Crippen MR) is 124 cm³/mol. The maximum absolute atomic E-state index is 9.33. The van der Waals surface area contributed by atoms with Crippen molar-refractivity contribution in [3.8, 4) is 0 Å². The number of rotatable bonds is 6. The van der Waals surface area contributed by atoms with Crippen molar-refractivity contribution in [2.45, 2.75) is 38.8 Å². The van der Waals surface area contributed by atoms with Crippen molar-refractivity contribution in [2.24, 2.45) is 10.9 Å². The van der Waals surface area contributed by atoms with Gasteiger partial charge in [0.05, 0.1) is 6.54 Å². The Bertz CT molecular complexity index is 716. The molecule has 0 radical (unpaired) electrons. The van der Waals surface area contributed by atoms with Crippen molar-refractivity contribution < 1.29 is 5.11 Å². The lowest BCUT2D eigenvalue weighted by Gasteiger charge is -2.32. The van der Waals surface area contributed by atoms with Gasteiger partial charge in [-0.2, -0.15) is 0 Å². The second kappa shape index (κ2) is 10.3. The molecule has 30 heavy (non-hydrogen) atoms. The van der Waals surface area contributed by atoms with Gasteiger partial charge in [-0.3, -0.25) is 4.90 Å². The third-order valence-corrected chi connectivity index (χ3v) is 6.75. The normalized spacial score (nSPS) is 23.5. The molecule has 164 valence electrons. The summed E-state index contributed by atoms with van der Waals surface area (Å²) in [6, 6.07) is 9.51. The number of guanidine groups is 1. The molecular weight excluding hydrogens is 374 g/mol. The van der Waals surface area contributed by atoms with E-state index in [1.54, 1.807) is 0 Å². The number of aliphatic hydroxyl groups excluding tert-OH is 1. The number of piperidine rings is 1. The Morgan fingerprint density at radius 2 is 1.80 bits per heavy atom. The number of aliphatic imine (C=N–C) groups is 1. The minimum absolute atomic E-state index is 0.325. The van der Waals surface area contributed by atoms with Crippen LogP contribution in [-0.2, 0) is 6.54 Å². The van der Waals surface area contributed by atoms with Gasteiger partial charge < -0.3 is 20.2 Å². The molecular formula is C24H37N5O. The van der Waals surface area contributed by atoms with Gasteiger partial charge in [0.2, 0.25) is 0 Å². The highest BCUT2D eigenvalue weighted by Crippen LogP contribution is 2.24. The number of benzene rings is 1. The third-order valence-electron chi connectivity index (χ3n) is 6.75. The van der Waals surface area contributed by atoms with E-state index >= 15 is 0 Å². The lowest BCUT2D eigenvalue weighted by atomic mass is 9.97. The van der Waals surface area contributed by atoms with Crippen molar-refractivity contribution in [3.05, 3.63) is 42.0 Å². The number of nitrogens with zero attached hydrogens (tertiary/aromatic N) is 4. The molecule has 2 fully saturated rings. The summed E-state index contributed by atoms with van der Waals surface area (Å²) >= 11 is 0. The lowest BCUT2D eigenvalue weighted by Crippen LogP contribution is -2.42. The van der Waals surface area contributed by atoms with E-state index in [2.05, 4.69) is 63.4 Å². The second-order valence-corrected chi connectivity index (χ2v) is 8.76. The predicted octanol–water partition coefficient (Wildman–Crippen LogP) is 2.31. The van der Waals surface area contributed by atoms with Crippen LogP contribution in [0.3, 0.4) is 0 Å². The van der Waals surface area contributed by atoms with Gasteiger partial charge in [0.25, 0.3) is 0 Å². The van der Waals surface area contributed by atoms with Crippen LogP contribution in [0, 0.1) is 5.92 Å². The zero-order valence-corrected chi connectivity index (χ0v) is 18.3. The van der Waals surface area contributed by atoms with Crippen LogP contribution in [0.25, 0.3) is 0 Å². The van der Waals surface area contributed by atoms with Gasteiger partial charge in [-0.05, 0) is 49.8 Å². The molecule has 4 rings (SSSR count). The fraction of sp³-hybridized carbons (Fsp3) is 0.625. The summed E-state index contributed by atoms with van der Waals surface area (Å²) in [7, 11) is 0. The zero-order valence-electron chi connectivity index (χ0n) is 18.3. The van der Waals surface area contributed by atoms with Crippen molar-refractivity contribution >= 4 is 11.6 Å². The SMILES string of the molecule is CCNC(=NCc1ccc(N2CCC(CO)CC2)cc1)N1CCC(N2CC=CC2)C1. The summed E-state index contributed by atoms with van der Waals surface area (Å²) < 4.78 is 0. The molecule has 1 aromatic carbocycles. The maximum Gasteiger partial charge on any atom is 0.194 e. The van der Waals surface area contributed by atoms with Crippen molar-refractivity contribution in [1.82, 2.24) is 15.1 Å². The number of likely N-dealkylation sites (tertiary alicyclic amines) is 1. The van der Waals surface area contributed by atoms with Crippen LogP contribution in [0.15, 0.2) is 41.4 Å². The van der Waals surface area contributed by atoms with Gasteiger partial charge in [0.15, 0.2) is 5.96 Å². The molecule has 6 nitrogen and oxygen atoms in total. The fourth-order valence-corrected chi connectivity index (χ4v) is 4.80. The van der Waals surface area contributed by atoms with Crippen LogP contribution in [0.5, 0.6) is 0 Å². The van der Waals surface area contributed by atoms with E-state index in [0.717, 1.165) is 64.6 Å². The average molecular weight is 412 g/mol. The number of nitrogens with one attached hydrogen (secondary N) is 1. The standard InChI is InChI=1S/C24H37N5O/c1-2-25-24(29-16-11-23(18-29)27-12-3-4-13-27)26-17-20-5-7-22(8-6-20)28-14-9-21(19-30)10-15-28/h3-8,21,23,30H,2,9-19H2,1H3,(H,25,26). The summed E-state index contributed by atoms with van der Waals surface area (Å²) in [5.74, 6) is 1.52. The van der Waals surface area contributed by atoms with Crippen molar-refractivity contribution in [3.63, 3.8) is 0 Å². The molecule has 6 heteroatoms. The summed E-state index contributed by atoms with van der Waals surface area (Å²) in [6.45, 7) is 10.5. The minimum Gasteiger partial charge on any atom is -0.396 e. The highest BCUT2D eigenvalue weighted by molar-refractivity contribution is 5.80. The molecule has 0 spiro atoms. The van der Waals surface area contributed by atoms with E-state index < -0.39 is 0 Å². The molecule has 0 saturated carbocycles. The summed E-state index contributed by atoms with van der Waals surface area (Å²) in [4.78, 5) is 12.4. The molecule has 0 amide bonds. The largest absolute Gasteiger partial charge is 0.396 e. The molecule has 3 aliphatic rings. The van der Waals surface area contributed by atoms with Crippen LogP contribution in [0.4, 0.5) is 5.69 Å². The van der Waals surface area contributed by atoms with Gasteiger partial charge >= 0.3 is 0 Å². The molecule has 0 bridgehead atoms. The molecule has 2 saturated heterocycles. The van der Waals surface area contributed by atoms with Gasteiger partial charge in [-0.15, -0.1) is 0 Å². The Balaban J connectivity index is 1.32. The zero-order chi connectivity index (χ0) is 20.8. The number of hydrogen-bond donors (Lipinski definition) is 2. The Hall–Kier alpha value is -2.05. The quantitative estimate of drug-likeness (QED) is 0.427. The second-order valence-electron chi connectivity index (χ2n) is 8.76. The smallest absolute Gasteiger partial charge is 0.194 e. The highest BCUT2D eigenvalue weighted by atomic mass is 16.3. The third kappa shape index (κ3) is 5.16. The first-order valence-corrected chi connectivity index (χ1v) is 11.6. The Morgan fingerprint density at radius 3 is 2.47 bits per heavy atom. The van der Waals surface area contributed by atoms with E-state index in [1.807, 2.05) is 0 Å². The van der Waals surface area contributed by atoms with Crippen LogP contribution < -0.4 is 10.2 Å². The molecule has 1 atom stereocenters. The summed E-state index contributed by atoms with van der Waals surface area (Å²) in [5, 5.41) is 12.8. The Kier molecular flexibility index (Phi) is 7.28. The fourth-order valence-electron chi connectivity index (χ4n) is 4.80. The van der Waals surface area contributed by atoms with Crippen LogP contribution in [0.1, 0.15) is 31.7 Å². The molecule has 1 aromatic rings. The molecule has 3 heterocycles. The number of hydrogen-bond acceptors (Lipinski definition) is 4. The van der Waals surface area contributed by atoms with E-state index in [0.29, 0.717) is 25.1 Å². The lowest BCUT2D eigenvalue weighted by molar-refractivity contribution is 0.203.